The standard InChI is InChI=1S/C20H30O2/c1-12-10-14-15-4-5-18(22)20(15,3)9-7-16(14)19(2)8-6-13(21)11-17(12)19/h13-17,21H,1,4-11H2,2-3H3. The van der Waals surface area contributed by atoms with Crippen LogP contribution in [0.2, 0.25) is 0 Å². The van der Waals surface area contributed by atoms with Crippen molar-refractivity contribution in [1.82, 2.24) is 0 Å². The Hall–Kier alpha value is -0.630. The summed E-state index contributed by atoms with van der Waals surface area (Å²) in [5, 5.41) is 10.1. The van der Waals surface area contributed by atoms with Gasteiger partial charge in [0.15, 0.2) is 0 Å². The second-order valence-corrected chi connectivity index (χ2v) is 9.14. The Balaban J connectivity index is 1.69. The summed E-state index contributed by atoms with van der Waals surface area (Å²) in [7, 11) is 0. The molecule has 0 aromatic rings. The van der Waals surface area contributed by atoms with Crippen molar-refractivity contribution in [3.8, 4) is 0 Å². The van der Waals surface area contributed by atoms with Crippen molar-refractivity contribution < 1.29 is 9.90 Å². The molecule has 0 spiro atoms. The number of rotatable bonds is 0. The minimum atomic E-state index is -0.131. The molecule has 4 rings (SSSR count). The van der Waals surface area contributed by atoms with E-state index in [9.17, 15) is 9.90 Å². The van der Waals surface area contributed by atoms with Crippen LogP contribution in [0.25, 0.3) is 0 Å². The van der Waals surface area contributed by atoms with Crippen molar-refractivity contribution in [1.29, 1.82) is 0 Å². The number of hydrogen-bond donors (Lipinski definition) is 1. The van der Waals surface area contributed by atoms with Gasteiger partial charge in [-0.05, 0) is 74.0 Å². The Labute approximate surface area is 134 Å². The van der Waals surface area contributed by atoms with Crippen molar-refractivity contribution >= 4 is 5.78 Å². The van der Waals surface area contributed by atoms with E-state index in [-0.39, 0.29) is 11.5 Å². The lowest BCUT2D eigenvalue weighted by Gasteiger charge is -2.60. The lowest BCUT2D eigenvalue weighted by Crippen LogP contribution is -2.54. The summed E-state index contributed by atoms with van der Waals surface area (Å²) in [6.45, 7) is 9.13. The third-order valence-electron chi connectivity index (χ3n) is 8.30. The molecule has 0 bridgehead atoms. The zero-order valence-corrected chi connectivity index (χ0v) is 14.1. The summed E-state index contributed by atoms with van der Waals surface area (Å²) in [5.41, 5.74) is 1.64. The minimum Gasteiger partial charge on any atom is -0.393 e. The van der Waals surface area contributed by atoms with Crippen molar-refractivity contribution in [3.05, 3.63) is 12.2 Å². The van der Waals surface area contributed by atoms with Crippen LogP contribution in [0, 0.1) is 34.5 Å². The summed E-state index contributed by atoms with van der Waals surface area (Å²) in [6, 6.07) is 0. The zero-order valence-electron chi connectivity index (χ0n) is 14.1. The number of fused-ring (bicyclic) bond motifs is 5. The molecule has 0 radical (unpaired) electrons. The average molecular weight is 302 g/mol. The molecular weight excluding hydrogens is 272 g/mol. The molecule has 122 valence electrons. The van der Waals surface area contributed by atoms with E-state index in [0.717, 1.165) is 50.9 Å². The number of carbonyl (C=O) groups excluding carboxylic acids is 1. The van der Waals surface area contributed by atoms with Crippen molar-refractivity contribution in [3.63, 3.8) is 0 Å². The van der Waals surface area contributed by atoms with E-state index >= 15 is 0 Å². The lowest BCUT2D eigenvalue weighted by molar-refractivity contribution is -0.136. The van der Waals surface area contributed by atoms with Crippen LogP contribution >= 0.6 is 0 Å². The van der Waals surface area contributed by atoms with Crippen LogP contribution in [0.15, 0.2) is 12.2 Å². The highest BCUT2D eigenvalue weighted by atomic mass is 16.3. The molecule has 0 aromatic heterocycles. The highest BCUT2D eigenvalue weighted by Gasteiger charge is 2.60. The molecule has 7 atom stereocenters. The second-order valence-electron chi connectivity index (χ2n) is 9.14. The van der Waals surface area contributed by atoms with Gasteiger partial charge in [0.25, 0.3) is 0 Å². The van der Waals surface area contributed by atoms with Gasteiger partial charge < -0.3 is 5.11 Å². The molecule has 4 aliphatic rings. The fourth-order valence-corrected chi connectivity index (χ4v) is 6.99. The number of carbonyl (C=O) groups is 1. The van der Waals surface area contributed by atoms with Gasteiger partial charge in [0, 0.05) is 11.8 Å². The smallest absolute Gasteiger partial charge is 0.139 e. The van der Waals surface area contributed by atoms with Crippen molar-refractivity contribution in [2.24, 2.45) is 34.5 Å². The molecule has 4 aliphatic carbocycles. The lowest BCUT2D eigenvalue weighted by atomic mass is 9.44. The van der Waals surface area contributed by atoms with Gasteiger partial charge in [-0.3, -0.25) is 4.79 Å². The van der Waals surface area contributed by atoms with E-state index in [4.69, 9.17) is 0 Å². The number of Topliss-reactive ketones (excluding diaryl/α,β-unsaturated/α-hetero) is 1. The number of hydrogen-bond acceptors (Lipinski definition) is 2. The van der Waals surface area contributed by atoms with Gasteiger partial charge in [-0.25, -0.2) is 0 Å². The van der Waals surface area contributed by atoms with Crippen molar-refractivity contribution in [2.75, 3.05) is 0 Å². The first-order valence-corrected chi connectivity index (χ1v) is 9.25. The van der Waals surface area contributed by atoms with Crippen LogP contribution in [0.4, 0.5) is 0 Å². The Morgan fingerprint density at radius 3 is 2.68 bits per heavy atom. The maximum Gasteiger partial charge on any atom is 0.139 e. The van der Waals surface area contributed by atoms with E-state index in [0.29, 0.717) is 29.0 Å². The normalized spacial score (nSPS) is 54.6. The molecule has 22 heavy (non-hydrogen) atoms. The molecule has 0 heterocycles. The summed E-state index contributed by atoms with van der Waals surface area (Å²) >= 11 is 0. The SMILES string of the molecule is C=C1CC2C3CCC(=O)C3(C)CCC2C2(C)CCC(O)CC12. The molecule has 2 nitrogen and oxygen atoms in total. The van der Waals surface area contributed by atoms with Crippen LogP contribution in [0.3, 0.4) is 0 Å². The van der Waals surface area contributed by atoms with Crippen LogP contribution in [-0.4, -0.2) is 17.0 Å². The molecule has 4 saturated carbocycles. The molecular formula is C20H30O2. The Kier molecular flexibility index (Phi) is 3.18. The molecule has 7 unspecified atom stereocenters. The van der Waals surface area contributed by atoms with E-state index in [1.165, 1.54) is 12.0 Å². The second kappa shape index (κ2) is 4.69. The number of allylic oxidation sites excluding steroid dienone is 1. The van der Waals surface area contributed by atoms with Gasteiger partial charge in [0.2, 0.25) is 0 Å². The van der Waals surface area contributed by atoms with Gasteiger partial charge in [0.1, 0.15) is 5.78 Å². The molecule has 0 aliphatic heterocycles. The largest absolute Gasteiger partial charge is 0.393 e. The van der Waals surface area contributed by atoms with Crippen LogP contribution in [0.1, 0.15) is 65.2 Å². The summed E-state index contributed by atoms with van der Waals surface area (Å²) in [4.78, 5) is 12.4. The maximum absolute atomic E-state index is 12.4. The van der Waals surface area contributed by atoms with Gasteiger partial charge >= 0.3 is 0 Å². The molecule has 0 saturated heterocycles. The highest BCUT2D eigenvalue weighted by Crippen LogP contribution is 2.66. The maximum atomic E-state index is 12.4. The van der Waals surface area contributed by atoms with Crippen molar-refractivity contribution in [2.45, 2.75) is 71.3 Å². The number of aliphatic hydroxyl groups is 1. The number of aliphatic hydroxyl groups excluding tert-OH is 1. The van der Waals surface area contributed by atoms with Gasteiger partial charge in [-0.15, -0.1) is 0 Å². The fourth-order valence-electron chi connectivity index (χ4n) is 6.99. The quantitative estimate of drug-likeness (QED) is 0.683. The monoisotopic (exact) mass is 302 g/mol. The topological polar surface area (TPSA) is 37.3 Å². The summed E-state index contributed by atoms with van der Waals surface area (Å²) in [5.74, 6) is 3.00. The Bertz CT molecular complexity index is 524. The van der Waals surface area contributed by atoms with Gasteiger partial charge in [-0.2, -0.15) is 0 Å². The first-order chi connectivity index (χ1) is 10.4. The van der Waals surface area contributed by atoms with E-state index < -0.39 is 0 Å². The van der Waals surface area contributed by atoms with Crippen LogP contribution in [0.5, 0.6) is 0 Å². The fraction of sp³-hybridized carbons (Fsp3) is 0.850. The predicted molar refractivity (Wildman–Crippen MR) is 87.3 cm³/mol. The van der Waals surface area contributed by atoms with E-state index in [1.54, 1.807) is 0 Å². The summed E-state index contributed by atoms with van der Waals surface area (Å²) < 4.78 is 0. The molecule has 0 aromatic carbocycles. The van der Waals surface area contributed by atoms with Gasteiger partial charge in [-0.1, -0.05) is 26.0 Å². The first-order valence-electron chi connectivity index (χ1n) is 9.25. The van der Waals surface area contributed by atoms with Gasteiger partial charge in [0.05, 0.1) is 6.10 Å². The number of ketones is 1. The summed E-state index contributed by atoms with van der Waals surface area (Å²) in [6.07, 6.45) is 8.18. The average Bonchev–Trinajstić information content (AvgIpc) is 2.77. The third kappa shape index (κ3) is 1.79. The molecule has 1 N–H and O–H groups in total. The van der Waals surface area contributed by atoms with Crippen LogP contribution < -0.4 is 0 Å². The molecule has 4 fully saturated rings. The van der Waals surface area contributed by atoms with E-state index in [2.05, 4.69) is 20.4 Å². The minimum absolute atomic E-state index is 0.0428. The Morgan fingerprint density at radius 2 is 1.91 bits per heavy atom. The molecule has 2 heteroatoms. The molecule has 0 amide bonds. The third-order valence-corrected chi connectivity index (χ3v) is 8.30. The van der Waals surface area contributed by atoms with E-state index in [1.807, 2.05) is 0 Å². The highest BCUT2D eigenvalue weighted by molar-refractivity contribution is 5.87. The van der Waals surface area contributed by atoms with Crippen LogP contribution in [-0.2, 0) is 4.79 Å². The predicted octanol–water partition coefficient (Wildman–Crippen LogP) is 4.13. The first kappa shape index (κ1) is 14.9. The zero-order chi connectivity index (χ0) is 15.7. The Morgan fingerprint density at radius 1 is 1.14 bits per heavy atom.